The molecule has 2 saturated carbocycles. The van der Waals surface area contributed by atoms with E-state index >= 15 is 0 Å². The lowest BCUT2D eigenvalue weighted by Crippen LogP contribution is -2.57. The van der Waals surface area contributed by atoms with E-state index in [0.717, 1.165) is 25.7 Å². The Morgan fingerprint density at radius 1 is 0.760 bits per heavy atom. The summed E-state index contributed by atoms with van der Waals surface area (Å²) in [5.41, 5.74) is 0. The number of ether oxygens (including phenoxy) is 1. The van der Waals surface area contributed by atoms with Gasteiger partial charge in [0.05, 0.1) is 32.7 Å². The Balaban J connectivity index is 2.29. The van der Waals surface area contributed by atoms with E-state index in [9.17, 15) is 0 Å². The summed E-state index contributed by atoms with van der Waals surface area (Å²) in [7, 11) is 0. The first-order chi connectivity index (χ1) is 11.4. The molecule has 0 aromatic rings. The Kier molecular flexibility index (Phi) is 7.38. The van der Waals surface area contributed by atoms with Crippen molar-refractivity contribution in [2.45, 2.75) is 99.9 Å². The van der Waals surface area contributed by atoms with Gasteiger partial charge in [0.15, 0.2) is 0 Å². The predicted octanol–water partition coefficient (Wildman–Crippen LogP) is 7.08. The van der Waals surface area contributed by atoms with Gasteiger partial charge in [0.25, 0.3) is 0 Å². The molecule has 0 saturated heterocycles. The van der Waals surface area contributed by atoms with Gasteiger partial charge in [0.1, 0.15) is 0 Å². The molecule has 8 unspecified atom stereocenters. The fraction of sp³-hybridized carbons (Fsp3) is 1.00. The Morgan fingerprint density at radius 3 is 1.36 bits per heavy atom. The molecule has 0 bridgehead atoms. The first-order valence-corrected chi connectivity index (χ1v) is 11.3. The zero-order chi connectivity index (χ0) is 19.2. The second-order valence-electron chi connectivity index (χ2n) is 9.32. The molecule has 1 nitrogen and oxygen atoms in total. The predicted molar refractivity (Wildman–Crippen MR) is 112 cm³/mol. The van der Waals surface area contributed by atoms with Crippen molar-refractivity contribution < 1.29 is 4.74 Å². The lowest BCUT2D eigenvalue weighted by molar-refractivity contribution is -0.115. The second-order valence-corrected chi connectivity index (χ2v) is 12.0. The van der Waals surface area contributed by atoms with Crippen LogP contribution in [0, 0.1) is 23.7 Å². The van der Waals surface area contributed by atoms with Crippen LogP contribution in [0.1, 0.15) is 67.2 Å². The molecule has 0 radical (unpaired) electrons. The molecule has 0 N–H and O–H groups in total. The van der Waals surface area contributed by atoms with Crippen LogP contribution in [0.2, 0.25) is 0 Å². The summed E-state index contributed by atoms with van der Waals surface area (Å²) in [6.45, 7) is 13.0. The number of hydrogen-bond acceptors (Lipinski definition) is 1. The zero-order valence-electron chi connectivity index (χ0n) is 16.4. The van der Waals surface area contributed by atoms with Gasteiger partial charge >= 0.3 is 0 Å². The van der Waals surface area contributed by atoms with E-state index in [0.29, 0.717) is 23.7 Å². The molecule has 2 aliphatic carbocycles. The molecule has 8 atom stereocenters. The van der Waals surface area contributed by atoms with E-state index in [1.54, 1.807) is 0 Å². The summed E-state index contributed by atoms with van der Waals surface area (Å²) in [6.07, 6.45) is 3.74. The van der Waals surface area contributed by atoms with Crippen LogP contribution in [0.4, 0.5) is 0 Å². The van der Waals surface area contributed by atoms with Crippen LogP contribution in [-0.4, -0.2) is 32.7 Å². The maximum absolute atomic E-state index is 6.85. The zero-order valence-corrected chi connectivity index (χ0v) is 19.4. The normalized spacial score (nSPS) is 49.0. The average molecular weight is 432 g/mol. The summed E-state index contributed by atoms with van der Waals surface area (Å²) in [4.78, 5) is -0.878. The number of rotatable bonds is 4. The molecule has 0 aromatic heterocycles. The Hall–Kier alpha value is 1.12. The van der Waals surface area contributed by atoms with Crippen molar-refractivity contribution in [2.75, 3.05) is 0 Å². The number of halogens is 4. The van der Waals surface area contributed by atoms with Gasteiger partial charge in [0, 0.05) is 0 Å². The minimum atomic E-state index is -0.439. The monoisotopic (exact) mass is 430 g/mol. The summed E-state index contributed by atoms with van der Waals surface area (Å²) in [5, 5.41) is -0.453. The van der Waals surface area contributed by atoms with Gasteiger partial charge in [0.2, 0.25) is 0 Å². The maximum atomic E-state index is 6.85. The summed E-state index contributed by atoms with van der Waals surface area (Å²) < 4.78 is 6.74. The fourth-order valence-corrected chi connectivity index (χ4v) is 5.75. The van der Waals surface area contributed by atoms with E-state index in [2.05, 4.69) is 27.7 Å². The molecule has 0 aliphatic heterocycles. The highest BCUT2D eigenvalue weighted by Crippen LogP contribution is 2.49. The number of alkyl halides is 4. The number of hydrogen-bond donors (Lipinski definition) is 0. The van der Waals surface area contributed by atoms with Gasteiger partial charge in [-0.3, -0.25) is 0 Å². The van der Waals surface area contributed by atoms with Crippen molar-refractivity contribution in [1.82, 2.24) is 0 Å². The molecule has 148 valence electrons. The Morgan fingerprint density at radius 2 is 1.08 bits per heavy atom. The highest BCUT2D eigenvalue weighted by atomic mass is 35.5. The molecule has 0 spiro atoms. The van der Waals surface area contributed by atoms with Crippen LogP contribution in [-0.2, 0) is 4.74 Å². The van der Waals surface area contributed by atoms with Crippen molar-refractivity contribution in [3.8, 4) is 0 Å². The van der Waals surface area contributed by atoms with Gasteiger partial charge in [-0.15, -0.1) is 46.4 Å². The van der Waals surface area contributed by atoms with Crippen molar-refractivity contribution in [3.63, 3.8) is 0 Å². The molecular formula is C20H34Cl4O. The van der Waals surface area contributed by atoms with Crippen molar-refractivity contribution >= 4 is 46.4 Å². The van der Waals surface area contributed by atoms with E-state index < -0.39 is 9.75 Å². The van der Waals surface area contributed by atoms with Gasteiger partial charge < -0.3 is 4.74 Å². The third kappa shape index (κ3) is 4.76. The molecule has 2 rings (SSSR count). The van der Waals surface area contributed by atoms with Crippen LogP contribution >= 0.6 is 46.4 Å². The van der Waals surface area contributed by atoms with Crippen LogP contribution < -0.4 is 0 Å². The van der Waals surface area contributed by atoms with Crippen molar-refractivity contribution in [3.05, 3.63) is 0 Å². The van der Waals surface area contributed by atoms with Crippen molar-refractivity contribution in [2.24, 2.45) is 23.7 Å². The Bertz CT molecular complexity index is 405. The second kappa shape index (κ2) is 8.24. The first-order valence-electron chi connectivity index (χ1n) is 9.70. The third-order valence-corrected chi connectivity index (χ3v) is 9.06. The lowest BCUT2D eigenvalue weighted by atomic mass is 9.72. The minimum Gasteiger partial charge on any atom is -0.371 e. The largest absolute Gasteiger partial charge is 0.371 e. The van der Waals surface area contributed by atoms with Crippen LogP contribution in [0.5, 0.6) is 0 Å². The van der Waals surface area contributed by atoms with E-state index in [1.165, 1.54) is 0 Å². The molecular weight excluding hydrogens is 398 g/mol. The SMILES string of the molecule is CC(C)C1CCC(C)(Cl)C(Cl)C1OC1C(C(C)C)CCC(C)(Cl)C1Cl. The van der Waals surface area contributed by atoms with Gasteiger partial charge in [-0.1, -0.05) is 27.7 Å². The first kappa shape index (κ1) is 22.4. The molecule has 2 aliphatic rings. The van der Waals surface area contributed by atoms with Gasteiger partial charge in [-0.05, 0) is 63.2 Å². The minimum absolute atomic E-state index is 0.0871. The van der Waals surface area contributed by atoms with Crippen LogP contribution in [0.25, 0.3) is 0 Å². The molecule has 5 heteroatoms. The van der Waals surface area contributed by atoms with Gasteiger partial charge in [-0.2, -0.15) is 0 Å². The van der Waals surface area contributed by atoms with Crippen LogP contribution in [0.3, 0.4) is 0 Å². The summed E-state index contributed by atoms with van der Waals surface area (Å²) >= 11 is 27.1. The maximum Gasteiger partial charge on any atom is 0.0790 e. The average Bonchev–Trinajstić information content (AvgIpc) is 2.48. The molecule has 2 fully saturated rings. The summed E-state index contributed by atoms with van der Waals surface area (Å²) in [6, 6.07) is 0. The third-order valence-electron chi connectivity index (χ3n) is 6.53. The van der Waals surface area contributed by atoms with E-state index in [1.807, 2.05) is 13.8 Å². The quantitative estimate of drug-likeness (QED) is 0.432. The topological polar surface area (TPSA) is 9.23 Å². The standard InChI is InChI=1S/C20H34Cl4O/c1-11(2)13-7-9-19(5,23)17(21)15(13)25-16-14(12(3)4)8-10-20(6,24)18(16)22/h11-18H,7-10H2,1-6H3. The molecule has 0 heterocycles. The van der Waals surface area contributed by atoms with Crippen LogP contribution in [0.15, 0.2) is 0 Å². The fourth-order valence-electron chi connectivity index (χ4n) is 4.57. The van der Waals surface area contributed by atoms with Gasteiger partial charge in [-0.25, -0.2) is 0 Å². The molecule has 0 amide bonds. The van der Waals surface area contributed by atoms with E-state index in [-0.39, 0.29) is 23.0 Å². The highest BCUT2D eigenvalue weighted by Gasteiger charge is 2.52. The smallest absolute Gasteiger partial charge is 0.0790 e. The Labute approximate surface area is 174 Å². The molecule has 25 heavy (non-hydrogen) atoms. The summed E-state index contributed by atoms with van der Waals surface area (Å²) in [5.74, 6) is 1.79. The highest BCUT2D eigenvalue weighted by molar-refractivity contribution is 6.33. The van der Waals surface area contributed by atoms with E-state index in [4.69, 9.17) is 51.1 Å². The van der Waals surface area contributed by atoms with Crippen molar-refractivity contribution in [1.29, 1.82) is 0 Å². The molecule has 0 aromatic carbocycles. The lowest BCUT2D eigenvalue weighted by Gasteiger charge is -2.50.